The smallest absolute Gasteiger partial charge is 0.316 e. The van der Waals surface area contributed by atoms with Crippen LogP contribution in [-0.2, 0) is 6.54 Å². The highest BCUT2D eigenvalue weighted by Crippen LogP contribution is 2.16. The summed E-state index contributed by atoms with van der Waals surface area (Å²) in [5, 5.41) is 3.47. The minimum absolute atomic E-state index is 0.0150. The van der Waals surface area contributed by atoms with E-state index >= 15 is 0 Å². The number of hydrogen-bond donors (Lipinski definition) is 1. The van der Waals surface area contributed by atoms with Gasteiger partial charge >= 0.3 is 6.01 Å². The Bertz CT molecular complexity index is 543. The van der Waals surface area contributed by atoms with Gasteiger partial charge < -0.3 is 10.1 Å². The molecule has 0 spiro atoms. The first-order valence-corrected chi connectivity index (χ1v) is 7.98. The molecule has 1 aromatic carbocycles. The molecule has 0 aliphatic carbocycles. The molecule has 0 fully saturated rings. The Morgan fingerprint density at radius 3 is 2.48 bits per heavy atom. The molecule has 0 aliphatic rings. The third kappa shape index (κ3) is 5.97. The Hall–Kier alpha value is -1.21. The van der Waals surface area contributed by atoms with E-state index in [1.165, 1.54) is 5.56 Å². The lowest BCUT2D eigenvalue weighted by Gasteiger charge is -2.24. The van der Waals surface area contributed by atoms with Crippen LogP contribution in [0.3, 0.4) is 0 Å². The van der Waals surface area contributed by atoms with E-state index in [2.05, 4.69) is 76.0 Å². The van der Waals surface area contributed by atoms with Crippen molar-refractivity contribution in [1.29, 1.82) is 0 Å². The second-order valence-electron chi connectivity index (χ2n) is 5.73. The van der Waals surface area contributed by atoms with Gasteiger partial charge in [-0.05, 0) is 28.2 Å². The topological polar surface area (TPSA) is 47.0 Å². The zero-order chi connectivity index (χ0) is 15.1. The molecule has 2 aromatic rings. The predicted molar refractivity (Wildman–Crippen MR) is 92.2 cm³/mol. The van der Waals surface area contributed by atoms with Gasteiger partial charge in [-0.15, -0.1) is 0 Å². The van der Waals surface area contributed by atoms with Crippen LogP contribution in [0.25, 0.3) is 0 Å². The Balaban J connectivity index is 1.75. The molecule has 0 saturated carbocycles. The molecule has 112 valence electrons. The van der Waals surface area contributed by atoms with Crippen molar-refractivity contribution < 1.29 is 4.74 Å². The van der Waals surface area contributed by atoms with Crippen molar-refractivity contribution in [3.63, 3.8) is 0 Å². The summed E-state index contributed by atoms with van der Waals surface area (Å²) < 4.78 is 6.67. The van der Waals surface area contributed by atoms with E-state index in [0.717, 1.165) is 16.7 Å². The minimum atomic E-state index is 0.0150. The van der Waals surface area contributed by atoms with Crippen molar-refractivity contribution >= 4 is 22.6 Å². The highest BCUT2D eigenvalue weighted by Gasteiger charge is 2.19. The summed E-state index contributed by atoms with van der Waals surface area (Å²) >= 11 is 2.17. The van der Waals surface area contributed by atoms with Gasteiger partial charge in [-0.3, -0.25) is 0 Å². The molecule has 2 rings (SSSR count). The molecule has 1 aromatic heterocycles. The molecule has 4 nitrogen and oxygen atoms in total. The molecule has 0 atom stereocenters. The van der Waals surface area contributed by atoms with Gasteiger partial charge in [-0.25, -0.2) is 9.97 Å². The fraction of sp³-hybridized carbons (Fsp3) is 0.375. The van der Waals surface area contributed by atoms with Gasteiger partial charge in [0.15, 0.2) is 0 Å². The first-order valence-electron chi connectivity index (χ1n) is 6.90. The largest absolute Gasteiger partial charge is 0.463 e. The number of nitrogens with zero attached hydrogens (tertiary/aromatic N) is 2. The Labute approximate surface area is 139 Å². The third-order valence-corrected chi connectivity index (χ3v) is 3.52. The fourth-order valence-corrected chi connectivity index (χ4v) is 2.11. The van der Waals surface area contributed by atoms with E-state index in [0.29, 0.717) is 12.6 Å². The summed E-state index contributed by atoms with van der Waals surface area (Å²) in [6.07, 6.45) is 3.51. The second kappa shape index (κ2) is 7.70. The lowest BCUT2D eigenvalue weighted by atomic mass is 9.95. The standard InChI is InChI=1S/C16H20IN3O/c1-16(2,11-18-8-13-6-4-3-5-7-13)12-21-15-19-9-14(17)10-20-15/h3-7,9-10,18H,8,11-12H2,1-2H3. The average Bonchev–Trinajstić information content (AvgIpc) is 2.48. The average molecular weight is 397 g/mol. The molecule has 0 unspecified atom stereocenters. The number of aromatic nitrogens is 2. The SMILES string of the molecule is CC(C)(CNCc1ccccc1)COc1ncc(I)cn1. The van der Waals surface area contributed by atoms with Gasteiger partial charge in [0.05, 0.1) is 6.61 Å². The molecule has 1 N–H and O–H groups in total. The fourth-order valence-electron chi connectivity index (χ4n) is 1.83. The van der Waals surface area contributed by atoms with Gasteiger partial charge in [-0.2, -0.15) is 0 Å². The zero-order valence-electron chi connectivity index (χ0n) is 12.3. The molecular formula is C16H20IN3O. The lowest BCUT2D eigenvalue weighted by Crippen LogP contribution is -2.34. The number of benzene rings is 1. The molecule has 21 heavy (non-hydrogen) atoms. The number of hydrogen-bond acceptors (Lipinski definition) is 4. The van der Waals surface area contributed by atoms with E-state index in [4.69, 9.17) is 4.74 Å². The molecule has 0 aliphatic heterocycles. The maximum absolute atomic E-state index is 5.66. The molecule has 1 heterocycles. The number of halogens is 1. The second-order valence-corrected chi connectivity index (χ2v) is 6.97. The van der Waals surface area contributed by atoms with Crippen LogP contribution in [0.4, 0.5) is 0 Å². The molecule has 0 saturated heterocycles. The number of nitrogens with one attached hydrogen (secondary N) is 1. The Morgan fingerprint density at radius 1 is 1.14 bits per heavy atom. The van der Waals surface area contributed by atoms with E-state index < -0.39 is 0 Å². The summed E-state index contributed by atoms with van der Waals surface area (Å²) in [5.41, 5.74) is 1.30. The summed E-state index contributed by atoms with van der Waals surface area (Å²) in [4.78, 5) is 8.30. The van der Waals surface area contributed by atoms with Crippen LogP contribution in [0, 0.1) is 8.99 Å². The van der Waals surface area contributed by atoms with Crippen molar-refractivity contribution in [2.24, 2.45) is 5.41 Å². The highest BCUT2D eigenvalue weighted by atomic mass is 127. The lowest BCUT2D eigenvalue weighted by molar-refractivity contribution is 0.164. The van der Waals surface area contributed by atoms with E-state index in [1.54, 1.807) is 12.4 Å². The molecule has 0 amide bonds. The van der Waals surface area contributed by atoms with Gasteiger partial charge in [0.25, 0.3) is 0 Å². The number of rotatable bonds is 7. The van der Waals surface area contributed by atoms with Crippen molar-refractivity contribution in [2.45, 2.75) is 20.4 Å². The Morgan fingerprint density at radius 2 is 1.81 bits per heavy atom. The van der Waals surface area contributed by atoms with Gasteiger partial charge in [0.1, 0.15) is 0 Å². The van der Waals surface area contributed by atoms with Crippen LogP contribution in [0.2, 0.25) is 0 Å². The summed E-state index contributed by atoms with van der Waals surface area (Å²) in [7, 11) is 0. The van der Waals surface area contributed by atoms with Crippen LogP contribution in [0.1, 0.15) is 19.4 Å². The minimum Gasteiger partial charge on any atom is -0.463 e. The zero-order valence-corrected chi connectivity index (χ0v) is 14.5. The van der Waals surface area contributed by atoms with Gasteiger partial charge in [0.2, 0.25) is 0 Å². The normalized spacial score (nSPS) is 11.4. The number of ether oxygens (including phenoxy) is 1. The van der Waals surface area contributed by atoms with Crippen molar-refractivity contribution in [2.75, 3.05) is 13.2 Å². The summed E-state index contributed by atoms with van der Waals surface area (Å²) in [6.45, 7) is 6.64. The maximum Gasteiger partial charge on any atom is 0.316 e. The first-order chi connectivity index (χ1) is 10.1. The quantitative estimate of drug-likeness (QED) is 0.729. The summed E-state index contributed by atoms with van der Waals surface area (Å²) in [5.74, 6) is 0. The maximum atomic E-state index is 5.66. The van der Waals surface area contributed by atoms with Crippen LogP contribution in [-0.4, -0.2) is 23.1 Å². The van der Waals surface area contributed by atoms with Crippen LogP contribution < -0.4 is 10.1 Å². The highest BCUT2D eigenvalue weighted by molar-refractivity contribution is 14.1. The van der Waals surface area contributed by atoms with E-state index in [9.17, 15) is 0 Å². The third-order valence-electron chi connectivity index (χ3n) is 2.96. The van der Waals surface area contributed by atoms with Crippen LogP contribution in [0.15, 0.2) is 42.7 Å². The van der Waals surface area contributed by atoms with Gasteiger partial charge in [-0.1, -0.05) is 44.2 Å². The molecule has 5 heteroatoms. The molecular weight excluding hydrogens is 377 g/mol. The predicted octanol–water partition coefficient (Wildman–Crippen LogP) is 3.28. The van der Waals surface area contributed by atoms with E-state index in [-0.39, 0.29) is 5.41 Å². The monoisotopic (exact) mass is 397 g/mol. The molecule has 0 radical (unpaired) electrons. The first kappa shape index (κ1) is 16.2. The van der Waals surface area contributed by atoms with Crippen LogP contribution in [0.5, 0.6) is 6.01 Å². The van der Waals surface area contributed by atoms with Crippen molar-refractivity contribution in [1.82, 2.24) is 15.3 Å². The van der Waals surface area contributed by atoms with Crippen LogP contribution >= 0.6 is 22.6 Å². The van der Waals surface area contributed by atoms with E-state index in [1.807, 2.05) is 6.07 Å². The summed E-state index contributed by atoms with van der Waals surface area (Å²) in [6, 6.07) is 10.8. The van der Waals surface area contributed by atoms with Gasteiger partial charge in [0, 0.05) is 34.5 Å². The van der Waals surface area contributed by atoms with Crippen molar-refractivity contribution in [3.8, 4) is 6.01 Å². The Kier molecular flexibility index (Phi) is 5.93. The molecule has 0 bridgehead atoms. The van der Waals surface area contributed by atoms with Crippen molar-refractivity contribution in [3.05, 3.63) is 51.9 Å².